The van der Waals surface area contributed by atoms with Gasteiger partial charge >= 0.3 is 0 Å². The SMILES string of the molecule is CN(C)CCCCCCOc1ccc(C(=O)c2ccc(Br)cc2)cc1Cl. The van der Waals surface area contributed by atoms with Crippen molar-refractivity contribution in [2.24, 2.45) is 0 Å². The molecule has 2 aromatic carbocycles. The van der Waals surface area contributed by atoms with Gasteiger partial charge in [-0.2, -0.15) is 0 Å². The molecule has 0 aromatic heterocycles. The average Bonchev–Trinajstić information content (AvgIpc) is 2.61. The van der Waals surface area contributed by atoms with E-state index < -0.39 is 0 Å². The molecule has 26 heavy (non-hydrogen) atoms. The van der Waals surface area contributed by atoms with Gasteiger partial charge in [0.1, 0.15) is 5.75 Å². The van der Waals surface area contributed by atoms with Gasteiger partial charge < -0.3 is 9.64 Å². The van der Waals surface area contributed by atoms with E-state index in [9.17, 15) is 4.79 Å². The van der Waals surface area contributed by atoms with E-state index in [4.69, 9.17) is 16.3 Å². The van der Waals surface area contributed by atoms with Crippen LogP contribution in [-0.2, 0) is 0 Å². The Bertz CT molecular complexity index is 716. The van der Waals surface area contributed by atoms with Crippen molar-refractivity contribution in [1.82, 2.24) is 4.90 Å². The number of benzene rings is 2. The number of rotatable bonds is 10. The van der Waals surface area contributed by atoms with Gasteiger partial charge in [-0.3, -0.25) is 4.79 Å². The quantitative estimate of drug-likeness (QED) is 0.345. The van der Waals surface area contributed by atoms with Crippen LogP contribution in [0.3, 0.4) is 0 Å². The highest BCUT2D eigenvalue weighted by Gasteiger charge is 2.12. The van der Waals surface area contributed by atoms with Gasteiger partial charge in [0, 0.05) is 15.6 Å². The number of carbonyl (C=O) groups is 1. The largest absolute Gasteiger partial charge is 0.492 e. The zero-order chi connectivity index (χ0) is 18.9. The Hall–Kier alpha value is -1.36. The Labute approximate surface area is 169 Å². The van der Waals surface area contributed by atoms with Crippen LogP contribution in [0, 0.1) is 0 Å². The first kappa shape index (κ1) is 20.9. The first-order valence-electron chi connectivity index (χ1n) is 8.84. The molecule has 0 spiro atoms. The van der Waals surface area contributed by atoms with Crippen molar-refractivity contribution >= 4 is 33.3 Å². The Morgan fingerprint density at radius 1 is 1.00 bits per heavy atom. The molecule has 0 fully saturated rings. The second kappa shape index (κ2) is 10.7. The minimum Gasteiger partial charge on any atom is -0.492 e. The standard InChI is InChI=1S/C21H25BrClNO2/c1-24(2)13-5-3-4-6-14-26-20-12-9-17(15-19(20)23)21(25)16-7-10-18(22)11-8-16/h7-12,15H,3-6,13-14H2,1-2H3. The van der Waals surface area contributed by atoms with Crippen molar-refractivity contribution in [2.75, 3.05) is 27.2 Å². The van der Waals surface area contributed by atoms with Crippen molar-refractivity contribution in [3.8, 4) is 5.75 Å². The fraction of sp³-hybridized carbons (Fsp3) is 0.381. The molecule has 5 heteroatoms. The third-order valence-corrected chi connectivity index (χ3v) is 4.88. The predicted octanol–water partition coefficient (Wildman–Crippen LogP) is 5.83. The lowest BCUT2D eigenvalue weighted by molar-refractivity contribution is 0.103. The molecule has 0 saturated heterocycles. The van der Waals surface area contributed by atoms with E-state index in [2.05, 4.69) is 34.9 Å². The van der Waals surface area contributed by atoms with Gasteiger partial charge in [-0.05, 0) is 75.9 Å². The van der Waals surface area contributed by atoms with Gasteiger partial charge in [0.25, 0.3) is 0 Å². The summed E-state index contributed by atoms with van der Waals surface area (Å²) in [5.74, 6) is 0.583. The number of ketones is 1. The Morgan fingerprint density at radius 3 is 2.31 bits per heavy atom. The highest BCUT2D eigenvalue weighted by molar-refractivity contribution is 9.10. The fourth-order valence-electron chi connectivity index (χ4n) is 2.59. The van der Waals surface area contributed by atoms with Crippen molar-refractivity contribution in [2.45, 2.75) is 25.7 Å². The van der Waals surface area contributed by atoms with E-state index in [1.54, 1.807) is 30.3 Å². The smallest absolute Gasteiger partial charge is 0.193 e. The molecule has 0 heterocycles. The molecule has 0 aliphatic heterocycles. The molecule has 0 aliphatic rings. The minimum atomic E-state index is -0.0492. The molecule has 0 amide bonds. The zero-order valence-electron chi connectivity index (χ0n) is 15.3. The first-order chi connectivity index (χ1) is 12.5. The van der Waals surface area contributed by atoms with Crippen molar-refractivity contribution in [1.29, 1.82) is 0 Å². The number of nitrogens with zero attached hydrogens (tertiary/aromatic N) is 1. The van der Waals surface area contributed by atoms with Crippen LogP contribution in [0.4, 0.5) is 0 Å². The van der Waals surface area contributed by atoms with E-state index in [0.29, 0.717) is 28.5 Å². The van der Waals surface area contributed by atoms with E-state index >= 15 is 0 Å². The Balaban J connectivity index is 1.83. The molecule has 0 bridgehead atoms. The molecule has 0 saturated carbocycles. The molecule has 0 N–H and O–H groups in total. The summed E-state index contributed by atoms with van der Waals surface area (Å²) in [6, 6.07) is 12.5. The Kier molecular flexibility index (Phi) is 8.63. The normalized spacial score (nSPS) is 11.0. The van der Waals surface area contributed by atoms with Crippen LogP contribution in [-0.4, -0.2) is 37.9 Å². The monoisotopic (exact) mass is 437 g/mol. The summed E-state index contributed by atoms with van der Waals surface area (Å²) >= 11 is 9.66. The number of unbranched alkanes of at least 4 members (excludes halogenated alkanes) is 3. The minimum absolute atomic E-state index is 0.0492. The maximum absolute atomic E-state index is 12.5. The molecule has 0 atom stereocenters. The van der Waals surface area contributed by atoms with Gasteiger partial charge in [0.2, 0.25) is 0 Å². The number of carbonyl (C=O) groups excluding carboxylic acids is 1. The fourth-order valence-corrected chi connectivity index (χ4v) is 3.09. The Morgan fingerprint density at radius 2 is 1.65 bits per heavy atom. The summed E-state index contributed by atoms with van der Waals surface area (Å²) in [6.45, 7) is 1.77. The summed E-state index contributed by atoms with van der Waals surface area (Å²) in [4.78, 5) is 14.7. The van der Waals surface area contributed by atoms with Gasteiger partial charge in [-0.15, -0.1) is 0 Å². The molecule has 0 unspecified atom stereocenters. The summed E-state index contributed by atoms with van der Waals surface area (Å²) in [5, 5.41) is 0.473. The summed E-state index contributed by atoms with van der Waals surface area (Å²) in [6.07, 6.45) is 4.56. The summed E-state index contributed by atoms with van der Waals surface area (Å²) in [5.41, 5.74) is 1.20. The average molecular weight is 439 g/mol. The van der Waals surface area contributed by atoms with E-state index in [1.165, 1.54) is 12.8 Å². The number of hydrogen-bond acceptors (Lipinski definition) is 3. The van der Waals surface area contributed by atoms with Crippen LogP contribution in [0.2, 0.25) is 5.02 Å². The van der Waals surface area contributed by atoms with Crippen LogP contribution in [0.5, 0.6) is 5.75 Å². The molecule has 0 radical (unpaired) electrons. The van der Waals surface area contributed by atoms with Crippen molar-refractivity contribution in [3.63, 3.8) is 0 Å². The van der Waals surface area contributed by atoms with Crippen LogP contribution >= 0.6 is 27.5 Å². The van der Waals surface area contributed by atoms with Gasteiger partial charge in [-0.25, -0.2) is 0 Å². The first-order valence-corrected chi connectivity index (χ1v) is 10.0. The number of ether oxygens (including phenoxy) is 1. The second-order valence-corrected chi connectivity index (χ2v) is 7.87. The third-order valence-electron chi connectivity index (χ3n) is 4.06. The highest BCUT2D eigenvalue weighted by Crippen LogP contribution is 2.27. The maximum atomic E-state index is 12.5. The summed E-state index contributed by atoms with van der Waals surface area (Å²) < 4.78 is 6.70. The molecule has 140 valence electrons. The van der Waals surface area contributed by atoms with Crippen molar-refractivity contribution < 1.29 is 9.53 Å². The molecule has 3 nitrogen and oxygen atoms in total. The molecule has 2 aromatic rings. The van der Waals surface area contributed by atoms with Crippen molar-refractivity contribution in [3.05, 3.63) is 63.1 Å². The lowest BCUT2D eigenvalue weighted by atomic mass is 10.0. The van der Waals surface area contributed by atoms with Gasteiger partial charge in [0.05, 0.1) is 11.6 Å². The summed E-state index contributed by atoms with van der Waals surface area (Å²) in [7, 11) is 4.19. The molecular weight excluding hydrogens is 414 g/mol. The number of hydrogen-bond donors (Lipinski definition) is 0. The van der Waals surface area contributed by atoms with E-state index in [1.807, 2.05) is 12.1 Å². The molecular formula is C21H25BrClNO2. The topological polar surface area (TPSA) is 29.5 Å². The lowest BCUT2D eigenvalue weighted by Gasteiger charge is -2.10. The second-order valence-electron chi connectivity index (χ2n) is 6.55. The highest BCUT2D eigenvalue weighted by atomic mass is 79.9. The number of halogens is 2. The van der Waals surface area contributed by atoms with Crippen LogP contribution in [0.15, 0.2) is 46.9 Å². The van der Waals surface area contributed by atoms with Crippen LogP contribution < -0.4 is 4.74 Å². The molecule has 2 rings (SSSR count). The van der Waals surface area contributed by atoms with E-state index in [-0.39, 0.29) is 5.78 Å². The van der Waals surface area contributed by atoms with Gasteiger partial charge in [0.15, 0.2) is 5.78 Å². The zero-order valence-corrected chi connectivity index (χ0v) is 17.6. The van der Waals surface area contributed by atoms with Crippen LogP contribution in [0.25, 0.3) is 0 Å². The van der Waals surface area contributed by atoms with Gasteiger partial charge in [-0.1, -0.05) is 40.4 Å². The van der Waals surface area contributed by atoms with Crippen LogP contribution in [0.1, 0.15) is 41.6 Å². The van der Waals surface area contributed by atoms with E-state index in [0.717, 1.165) is 23.9 Å². The molecule has 0 aliphatic carbocycles. The third kappa shape index (κ3) is 6.75. The lowest BCUT2D eigenvalue weighted by Crippen LogP contribution is -2.12. The maximum Gasteiger partial charge on any atom is 0.193 e. The predicted molar refractivity (Wildman–Crippen MR) is 112 cm³/mol.